The summed E-state index contributed by atoms with van der Waals surface area (Å²) in [5.74, 6) is -0.260. The largest absolute Gasteiger partial charge is 0.397 e. The third-order valence-corrected chi connectivity index (χ3v) is 3.97. The number of amides is 1. The highest BCUT2D eigenvalue weighted by atomic mass is 32.2. The Morgan fingerprint density at radius 3 is 2.65 bits per heavy atom. The van der Waals surface area contributed by atoms with Crippen LogP contribution in [0.1, 0.15) is 19.4 Å². The van der Waals surface area contributed by atoms with Gasteiger partial charge in [-0.25, -0.2) is 0 Å². The summed E-state index contributed by atoms with van der Waals surface area (Å²) in [5, 5.41) is 2.69. The minimum atomic E-state index is -1.14. The lowest BCUT2D eigenvalue weighted by Gasteiger charge is -2.11. The van der Waals surface area contributed by atoms with Gasteiger partial charge in [0.1, 0.15) is 5.75 Å². The van der Waals surface area contributed by atoms with Gasteiger partial charge in [0, 0.05) is 16.0 Å². The molecule has 1 unspecified atom stereocenters. The Morgan fingerprint density at radius 2 is 2.12 bits per heavy atom. The molecule has 1 rings (SSSR count). The maximum atomic E-state index is 11.7. The number of carbonyl (C=O) groups is 1. The van der Waals surface area contributed by atoms with Crippen molar-refractivity contribution in [2.45, 2.75) is 26.0 Å². The molecule has 0 aromatic heterocycles. The molecule has 1 atom stereocenters. The fraction of sp³-hybridized carbons (Fsp3) is 0.417. The number of hydrogen-bond acceptors (Lipinski definition) is 3. The summed E-state index contributed by atoms with van der Waals surface area (Å²) < 4.78 is 11.5. The van der Waals surface area contributed by atoms with Gasteiger partial charge >= 0.3 is 0 Å². The van der Waals surface area contributed by atoms with Crippen LogP contribution in [-0.2, 0) is 15.6 Å². The first kappa shape index (κ1) is 13.7. The van der Waals surface area contributed by atoms with Crippen molar-refractivity contribution in [2.75, 3.05) is 16.8 Å². The van der Waals surface area contributed by atoms with Gasteiger partial charge in [-0.15, -0.1) is 0 Å². The van der Waals surface area contributed by atoms with E-state index in [1.165, 1.54) is 0 Å². The molecule has 4 nitrogen and oxygen atoms in total. The van der Waals surface area contributed by atoms with Crippen LogP contribution in [0, 0.1) is 6.92 Å². The first-order valence-corrected chi connectivity index (χ1v) is 6.82. The minimum absolute atomic E-state index is 0.00540. The van der Waals surface area contributed by atoms with Gasteiger partial charge in [-0.3, -0.25) is 9.00 Å². The molecule has 0 aliphatic heterocycles. The molecule has 0 heterocycles. The van der Waals surface area contributed by atoms with Crippen molar-refractivity contribution in [1.82, 2.24) is 0 Å². The van der Waals surface area contributed by atoms with Gasteiger partial charge in [-0.2, -0.15) is 0 Å². The SMILES string of the molecule is Cc1cccc(N)c1NC(=O)CS(=O)C(C)C. The molecule has 0 spiro atoms. The Kier molecular flexibility index (Phi) is 4.69. The van der Waals surface area contributed by atoms with Crippen molar-refractivity contribution in [3.8, 4) is 0 Å². The average Bonchev–Trinajstić information content (AvgIpc) is 2.23. The van der Waals surface area contributed by atoms with Crippen LogP contribution < -0.4 is 11.1 Å². The van der Waals surface area contributed by atoms with E-state index in [9.17, 15) is 9.00 Å². The normalized spacial score (nSPS) is 12.5. The van der Waals surface area contributed by atoms with Crippen molar-refractivity contribution in [1.29, 1.82) is 0 Å². The number of carbonyl (C=O) groups excluding carboxylic acids is 1. The van der Waals surface area contributed by atoms with Gasteiger partial charge in [0.2, 0.25) is 5.91 Å². The molecule has 5 heteroatoms. The molecule has 0 saturated heterocycles. The van der Waals surface area contributed by atoms with E-state index in [1.54, 1.807) is 6.07 Å². The molecule has 0 aliphatic rings. The number of aryl methyl sites for hydroxylation is 1. The Bertz CT molecular complexity index is 424. The molecular formula is C12H18N2O2S. The fourth-order valence-electron chi connectivity index (χ4n) is 1.33. The third kappa shape index (κ3) is 3.85. The van der Waals surface area contributed by atoms with E-state index in [4.69, 9.17) is 5.73 Å². The number of nitrogens with one attached hydrogen (secondary N) is 1. The van der Waals surface area contributed by atoms with Gasteiger partial charge in [0.15, 0.2) is 0 Å². The lowest BCUT2D eigenvalue weighted by Crippen LogP contribution is -2.24. The van der Waals surface area contributed by atoms with Crippen molar-refractivity contribution in [3.05, 3.63) is 23.8 Å². The summed E-state index contributed by atoms with van der Waals surface area (Å²) >= 11 is 0. The van der Waals surface area contributed by atoms with Gasteiger partial charge in [0.25, 0.3) is 0 Å². The number of anilines is 2. The molecule has 3 N–H and O–H groups in total. The molecule has 94 valence electrons. The molecule has 1 amide bonds. The number of hydrogen-bond donors (Lipinski definition) is 2. The third-order valence-electron chi connectivity index (χ3n) is 2.37. The number of rotatable bonds is 4. The van der Waals surface area contributed by atoms with E-state index in [1.807, 2.05) is 32.9 Å². The molecule has 17 heavy (non-hydrogen) atoms. The highest BCUT2D eigenvalue weighted by molar-refractivity contribution is 7.86. The second kappa shape index (κ2) is 5.82. The topological polar surface area (TPSA) is 72.2 Å². The first-order chi connectivity index (χ1) is 7.91. The number of para-hydroxylation sites is 1. The maximum Gasteiger partial charge on any atom is 0.237 e. The van der Waals surface area contributed by atoms with Crippen LogP contribution in [0.25, 0.3) is 0 Å². The highest BCUT2D eigenvalue weighted by Gasteiger charge is 2.13. The summed E-state index contributed by atoms with van der Waals surface area (Å²) in [7, 11) is -1.14. The van der Waals surface area contributed by atoms with Crippen molar-refractivity contribution < 1.29 is 9.00 Å². The predicted molar refractivity (Wildman–Crippen MR) is 72.4 cm³/mol. The van der Waals surface area contributed by atoms with Crippen LogP contribution in [0.3, 0.4) is 0 Å². The summed E-state index contributed by atoms with van der Waals surface area (Å²) in [4.78, 5) is 11.7. The minimum Gasteiger partial charge on any atom is -0.397 e. The zero-order chi connectivity index (χ0) is 13.0. The zero-order valence-corrected chi connectivity index (χ0v) is 11.1. The number of nitrogens with two attached hydrogens (primary N) is 1. The second-order valence-corrected chi connectivity index (χ2v) is 6.15. The molecule has 0 bridgehead atoms. The van der Waals surface area contributed by atoms with Crippen LogP contribution >= 0.6 is 0 Å². The van der Waals surface area contributed by atoms with Gasteiger partial charge in [0.05, 0.1) is 11.4 Å². The summed E-state index contributed by atoms with van der Waals surface area (Å²) in [6.07, 6.45) is 0. The van der Waals surface area contributed by atoms with Gasteiger partial charge in [-0.1, -0.05) is 26.0 Å². The highest BCUT2D eigenvalue weighted by Crippen LogP contribution is 2.22. The number of nitrogen functional groups attached to an aromatic ring is 1. The fourth-order valence-corrected chi connectivity index (χ4v) is 2.00. The Balaban J connectivity index is 2.72. The van der Waals surface area contributed by atoms with E-state index in [0.717, 1.165) is 5.56 Å². The van der Waals surface area contributed by atoms with Crippen molar-refractivity contribution in [2.24, 2.45) is 0 Å². The van der Waals surface area contributed by atoms with Crippen LogP contribution in [0.2, 0.25) is 0 Å². The van der Waals surface area contributed by atoms with E-state index in [0.29, 0.717) is 11.4 Å². The smallest absolute Gasteiger partial charge is 0.237 e. The quantitative estimate of drug-likeness (QED) is 0.803. The zero-order valence-electron chi connectivity index (χ0n) is 10.3. The van der Waals surface area contributed by atoms with Crippen LogP contribution in [0.15, 0.2) is 18.2 Å². The molecular weight excluding hydrogens is 236 g/mol. The summed E-state index contributed by atoms with van der Waals surface area (Å²) in [6.45, 7) is 5.52. The van der Waals surface area contributed by atoms with Crippen molar-refractivity contribution in [3.63, 3.8) is 0 Å². The predicted octanol–water partition coefficient (Wildman–Crippen LogP) is 1.67. The average molecular weight is 254 g/mol. The second-order valence-electron chi connectivity index (χ2n) is 4.16. The standard InChI is InChI=1S/C12H18N2O2S/c1-8(2)17(16)7-11(15)14-12-9(3)5-4-6-10(12)13/h4-6,8H,7,13H2,1-3H3,(H,14,15). The van der Waals surface area contributed by atoms with Crippen LogP contribution in [0.5, 0.6) is 0 Å². The van der Waals surface area contributed by atoms with Crippen LogP contribution in [0.4, 0.5) is 11.4 Å². The Morgan fingerprint density at radius 1 is 1.47 bits per heavy atom. The molecule has 1 aromatic rings. The van der Waals surface area contributed by atoms with E-state index in [-0.39, 0.29) is 16.9 Å². The van der Waals surface area contributed by atoms with Gasteiger partial charge in [-0.05, 0) is 18.6 Å². The monoisotopic (exact) mass is 254 g/mol. The van der Waals surface area contributed by atoms with E-state index in [2.05, 4.69) is 5.32 Å². The molecule has 0 fully saturated rings. The molecule has 0 saturated carbocycles. The maximum absolute atomic E-state index is 11.7. The lowest BCUT2D eigenvalue weighted by molar-refractivity contribution is -0.113. The Labute approximate surface area is 104 Å². The number of benzene rings is 1. The molecule has 1 aromatic carbocycles. The van der Waals surface area contributed by atoms with Gasteiger partial charge < -0.3 is 11.1 Å². The Hall–Kier alpha value is -1.36. The van der Waals surface area contributed by atoms with E-state index < -0.39 is 10.8 Å². The lowest BCUT2D eigenvalue weighted by atomic mass is 10.1. The molecule has 0 aliphatic carbocycles. The summed E-state index contributed by atoms with van der Waals surface area (Å²) in [5.41, 5.74) is 7.80. The van der Waals surface area contributed by atoms with Crippen LogP contribution in [-0.4, -0.2) is 21.1 Å². The first-order valence-electron chi connectivity index (χ1n) is 5.44. The van der Waals surface area contributed by atoms with E-state index >= 15 is 0 Å². The summed E-state index contributed by atoms with van der Waals surface area (Å²) in [6, 6.07) is 5.42. The van der Waals surface area contributed by atoms with Crippen molar-refractivity contribution >= 4 is 28.1 Å². The molecule has 0 radical (unpaired) electrons.